The SMILES string of the molecule is O=S([O-])S(=O)(=O)NC(F)(F)F. The lowest BCUT2D eigenvalue weighted by atomic mass is 11.3. The Labute approximate surface area is 61.3 Å². The van der Waals surface area contributed by atoms with Gasteiger partial charge >= 0.3 is 6.30 Å². The van der Waals surface area contributed by atoms with E-state index in [1.807, 2.05) is 0 Å². The molecule has 0 aromatic carbocycles. The molecule has 1 N–H and O–H groups in total. The van der Waals surface area contributed by atoms with Crippen molar-refractivity contribution in [3.8, 4) is 0 Å². The van der Waals surface area contributed by atoms with Crippen molar-refractivity contribution in [1.82, 2.24) is 4.72 Å². The summed E-state index contributed by atoms with van der Waals surface area (Å²) in [5.74, 6) is 0. The number of hydrogen-bond donors (Lipinski definition) is 1. The van der Waals surface area contributed by atoms with Crippen molar-refractivity contribution in [2.45, 2.75) is 6.30 Å². The maximum atomic E-state index is 11.1. The van der Waals surface area contributed by atoms with Gasteiger partial charge in [-0.15, -0.1) is 4.72 Å². The summed E-state index contributed by atoms with van der Waals surface area (Å²) in [4.78, 5) is 0. The third kappa shape index (κ3) is 4.29. The molecule has 1 unspecified atom stereocenters. The highest BCUT2D eigenvalue weighted by Gasteiger charge is 2.34. The number of nitrogens with one attached hydrogen (secondary N) is 1. The molecule has 0 fully saturated rings. The first-order valence-electron chi connectivity index (χ1n) is 1.85. The topological polar surface area (TPSA) is 86.3 Å². The summed E-state index contributed by atoms with van der Waals surface area (Å²) in [6, 6.07) is 0. The highest BCUT2D eigenvalue weighted by molar-refractivity contribution is 8.61. The first-order valence-corrected chi connectivity index (χ1v) is 4.93. The molecule has 10 heteroatoms. The van der Waals surface area contributed by atoms with Crippen molar-refractivity contribution in [3.05, 3.63) is 0 Å². The van der Waals surface area contributed by atoms with Crippen LogP contribution in [0.2, 0.25) is 0 Å². The summed E-state index contributed by atoms with van der Waals surface area (Å²) in [6.45, 7) is 0. The fourth-order valence-electron chi connectivity index (χ4n) is 0.176. The summed E-state index contributed by atoms with van der Waals surface area (Å²) < 4.78 is 72.3. The van der Waals surface area contributed by atoms with Crippen molar-refractivity contribution in [3.63, 3.8) is 0 Å². The molecule has 1 atom stereocenters. The average Bonchev–Trinajstić information content (AvgIpc) is 1.56. The standard InChI is InChI=1S/CH2F3NO4S2/c2-1(3,4)5-11(8,9)10(6)7/h5H,(H,6,7)/p-1. The minimum Gasteiger partial charge on any atom is -0.759 e. The van der Waals surface area contributed by atoms with Crippen LogP contribution in [-0.4, -0.2) is 23.5 Å². The fourth-order valence-corrected chi connectivity index (χ4v) is 1.01. The van der Waals surface area contributed by atoms with E-state index < -0.39 is 25.5 Å². The molecule has 11 heavy (non-hydrogen) atoms. The Bertz CT molecular complexity index is 253. The molecule has 5 nitrogen and oxygen atoms in total. The number of alkyl halides is 3. The van der Waals surface area contributed by atoms with Gasteiger partial charge in [-0.25, -0.2) is 0 Å². The van der Waals surface area contributed by atoms with Crippen molar-refractivity contribution < 1.29 is 30.4 Å². The van der Waals surface area contributed by atoms with Crippen LogP contribution in [0.4, 0.5) is 13.2 Å². The van der Waals surface area contributed by atoms with Crippen LogP contribution in [0.25, 0.3) is 0 Å². The van der Waals surface area contributed by atoms with Crippen molar-refractivity contribution in [2.24, 2.45) is 0 Å². The third-order valence-corrected chi connectivity index (χ3v) is 2.58. The molecule has 0 bridgehead atoms. The Hall–Kier alpha value is -0.190. The van der Waals surface area contributed by atoms with E-state index >= 15 is 0 Å². The van der Waals surface area contributed by atoms with E-state index in [1.165, 1.54) is 0 Å². The van der Waals surface area contributed by atoms with Gasteiger partial charge in [0.1, 0.15) is 0 Å². The van der Waals surface area contributed by atoms with Crippen molar-refractivity contribution in [2.75, 3.05) is 0 Å². The second kappa shape index (κ2) is 3.05. The summed E-state index contributed by atoms with van der Waals surface area (Å²) in [5.41, 5.74) is 0. The van der Waals surface area contributed by atoms with Gasteiger partial charge in [0.25, 0.3) is 9.06 Å². The highest BCUT2D eigenvalue weighted by Crippen LogP contribution is 2.11. The maximum absolute atomic E-state index is 11.1. The van der Waals surface area contributed by atoms with Gasteiger partial charge in [-0.3, -0.25) is 4.21 Å². The summed E-state index contributed by atoms with van der Waals surface area (Å²) in [5, 5.41) is 0. The third-order valence-electron chi connectivity index (χ3n) is 0.420. The molecule has 0 aliphatic carbocycles. The van der Waals surface area contributed by atoms with E-state index in [9.17, 15) is 30.4 Å². The highest BCUT2D eigenvalue weighted by atomic mass is 33.2. The second-order valence-corrected chi connectivity index (χ2v) is 4.91. The largest absolute Gasteiger partial charge is 0.759 e. The molecule has 0 saturated heterocycles. The first-order chi connectivity index (χ1) is 4.65. The lowest BCUT2D eigenvalue weighted by Gasteiger charge is -2.10. The molecule has 0 radical (unpaired) electrons. The Morgan fingerprint density at radius 1 is 1.36 bits per heavy atom. The molecular weight excluding hydrogens is 211 g/mol. The fraction of sp³-hybridized carbons (Fsp3) is 1.00. The number of hydrogen-bond acceptors (Lipinski definition) is 4. The Morgan fingerprint density at radius 2 is 1.73 bits per heavy atom. The van der Waals surface area contributed by atoms with Crippen LogP contribution in [0.5, 0.6) is 0 Å². The van der Waals surface area contributed by atoms with Gasteiger partial charge in [0.05, 0.1) is 10.1 Å². The molecule has 0 aromatic heterocycles. The van der Waals surface area contributed by atoms with E-state index in [-0.39, 0.29) is 4.72 Å². The molecule has 0 heterocycles. The summed E-state index contributed by atoms with van der Waals surface area (Å²) in [7, 11) is -9.15. The van der Waals surface area contributed by atoms with E-state index in [0.29, 0.717) is 0 Å². The van der Waals surface area contributed by atoms with Crippen LogP contribution in [0.15, 0.2) is 0 Å². The minimum atomic E-state index is -5.31. The summed E-state index contributed by atoms with van der Waals surface area (Å²) in [6.07, 6.45) is -5.26. The second-order valence-electron chi connectivity index (χ2n) is 1.26. The van der Waals surface area contributed by atoms with Gasteiger partial charge in [0, 0.05) is 0 Å². The molecule has 0 rings (SSSR count). The minimum absolute atomic E-state index is 0.0455. The van der Waals surface area contributed by atoms with E-state index in [2.05, 4.69) is 0 Å². The van der Waals surface area contributed by atoms with E-state index in [1.54, 1.807) is 0 Å². The molecule has 0 aliphatic heterocycles. The van der Waals surface area contributed by atoms with Crippen LogP contribution in [0, 0.1) is 0 Å². The van der Waals surface area contributed by atoms with Crippen LogP contribution in [0.1, 0.15) is 0 Å². The lowest BCUT2D eigenvalue weighted by Crippen LogP contribution is -2.38. The van der Waals surface area contributed by atoms with E-state index in [0.717, 1.165) is 0 Å². The molecule has 0 amide bonds. The first kappa shape index (κ1) is 10.8. The van der Waals surface area contributed by atoms with Crippen molar-refractivity contribution >= 4 is 19.2 Å². The quantitative estimate of drug-likeness (QED) is 0.369. The number of rotatable bonds is 2. The zero-order valence-electron chi connectivity index (χ0n) is 4.58. The van der Waals surface area contributed by atoms with Crippen LogP contribution >= 0.6 is 0 Å². The van der Waals surface area contributed by atoms with Gasteiger partial charge in [-0.2, -0.15) is 21.6 Å². The predicted octanol–water partition coefficient (Wildman–Crippen LogP) is -0.780. The van der Waals surface area contributed by atoms with Crippen LogP contribution in [0.3, 0.4) is 0 Å². The lowest BCUT2D eigenvalue weighted by molar-refractivity contribution is -0.137. The molecule has 0 aliphatic rings. The molecule has 0 spiro atoms. The summed E-state index contributed by atoms with van der Waals surface area (Å²) >= 11 is 0. The van der Waals surface area contributed by atoms with Gasteiger partial charge in [0.15, 0.2) is 0 Å². The molecule has 0 saturated carbocycles. The predicted molar refractivity (Wildman–Crippen MR) is 27.0 cm³/mol. The van der Waals surface area contributed by atoms with Crippen LogP contribution in [-0.2, 0) is 19.2 Å². The smallest absolute Gasteiger partial charge is 0.471 e. The van der Waals surface area contributed by atoms with Gasteiger partial charge in [-0.1, -0.05) is 0 Å². The van der Waals surface area contributed by atoms with Gasteiger partial charge in [-0.05, 0) is 0 Å². The van der Waals surface area contributed by atoms with Gasteiger partial charge < -0.3 is 4.55 Å². The molecule has 0 aromatic rings. The number of halogens is 3. The maximum Gasteiger partial charge on any atom is 0.471 e. The normalized spacial score (nSPS) is 16.4. The Balaban J connectivity index is 4.53. The van der Waals surface area contributed by atoms with Crippen LogP contribution < -0.4 is 4.72 Å². The van der Waals surface area contributed by atoms with E-state index in [4.69, 9.17) is 0 Å². The zero-order valence-corrected chi connectivity index (χ0v) is 6.22. The van der Waals surface area contributed by atoms with Gasteiger partial charge in [0.2, 0.25) is 0 Å². The molecular formula is CHF3NO4S2-. The Kier molecular flexibility index (Phi) is 2.99. The zero-order chi connectivity index (χ0) is 9.28. The monoisotopic (exact) mass is 212 g/mol. The van der Waals surface area contributed by atoms with Crippen molar-refractivity contribution in [1.29, 1.82) is 0 Å². The average molecular weight is 212 g/mol. The Morgan fingerprint density at radius 3 is 1.82 bits per heavy atom. The molecule has 68 valence electrons.